The Balaban J connectivity index is 3.30. The molecule has 0 aliphatic carbocycles. The van der Waals surface area contributed by atoms with Crippen LogP contribution in [0.1, 0.15) is 71.8 Å². The van der Waals surface area contributed by atoms with Gasteiger partial charge in [-0.2, -0.15) is 0 Å². The minimum absolute atomic E-state index is 0.0460. The van der Waals surface area contributed by atoms with Gasteiger partial charge in [-0.25, -0.2) is 9.97 Å². The van der Waals surface area contributed by atoms with Crippen molar-refractivity contribution >= 4 is 28.4 Å². The molecule has 1 atom stereocenters. The normalized spacial score (nSPS) is 13.4. The van der Waals surface area contributed by atoms with Crippen molar-refractivity contribution in [2.24, 2.45) is 0 Å². The van der Waals surface area contributed by atoms with Crippen LogP contribution in [-0.2, 0) is 5.41 Å². The van der Waals surface area contributed by atoms with Gasteiger partial charge in [0, 0.05) is 17.9 Å². The molecule has 0 saturated heterocycles. The van der Waals surface area contributed by atoms with E-state index in [4.69, 9.17) is 9.97 Å². The van der Waals surface area contributed by atoms with Gasteiger partial charge in [-0.3, -0.25) is 0 Å². The van der Waals surface area contributed by atoms with Crippen molar-refractivity contribution in [1.29, 1.82) is 0 Å². The highest BCUT2D eigenvalue weighted by Crippen LogP contribution is 2.31. The van der Waals surface area contributed by atoms with E-state index in [0.29, 0.717) is 5.92 Å². The zero-order valence-electron chi connectivity index (χ0n) is 13.0. The SMILES string of the molecule is CCCNc1nc(C(C)CC)nc(C(C)(C)C)c1I. The summed E-state index contributed by atoms with van der Waals surface area (Å²) in [6.07, 6.45) is 2.17. The Morgan fingerprint density at radius 1 is 1.21 bits per heavy atom. The largest absolute Gasteiger partial charge is 0.369 e. The Labute approximate surface area is 131 Å². The summed E-state index contributed by atoms with van der Waals surface area (Å²) in [5.41, 5.74) is 1.20. The first-order chi connectivity index (χ1) is 8.81. The Morgan fingerprint density at radius 2 is 1.84 bits per heavy atom. The van der Waals surface area contributed by atoms with Crippen LogP contribution in [0.2, 0.25) is 0 Å². The van der Waals surface area contributed by atoms with Crippen molar-refractivity contribution in [2.45, 2.75) is 65.7 Å². The van der Waals surface area contributed by atoms with Gasteiger partial charge in [0.1, 0.15) is 11.6 Å². The maximum Gasteiger partial charge on any atom is 0.143 e. The average molecular weight is 375 g/mol. The maximum absolute atomic E-state index is 4.82. The third-order valence-electron chi connectivity index (χ3n) is 3.17. The molecule has 1 unspecified atom stereocenters. The van der Waals surface area contributed by atoms with Gasteiger partial charge < -0.3 is 5.32 Å². The fourth-order valence-corrected chi connectivity index (χ4v) is 2.97. The van der Waals surface area contributed by atoms with Crippen molar-refractivity contribution in [3.05, 3.63) is 15.1 Å². The minimum Gasteiger partial charge on any atom is -0.369 e. The molecule has 19 heavy (non-hydrogen) atoms. The second kappa shape index (κ2) is 6.86. The van der Waals surface area contributed by atoms with E-state index in [1.807, 2.05) is 0 Å². The van der Waals surface area contributed by atoms with Crippen molar-refractivity contribution in [2.75, 3.05) is 11.9 Å². The molecule has 0 aromatic carbocycles. The topological polar surface area (TPSA) is 37.8 Å². The van der Waals surface area contributed by atoms with Crippen LogP contribution in [0.25, 0.3) is 0 Å². The van der Waals surface area contributed by atoms with Gasteiger partial charge in [0.25, 0.3) is 0 Å². The van der Waals surface area contributed by atoms with Crippen LogP contribution < -0.4 is 5.32 Å². The number of hydrogen-bond acceptors (Lipinski definition) is 3. The molecule has 0 radical (unpaired) electrons. The summed E-state index contributed by atoms with van der Waals surface area (Å²) >= 11 is 2.37. The molecule has 1 aromatic rings. The number of anilines is 1. The van der Waals surface area contributed by atoms with E-state index in [9.17, 15) is 0 Å². The van der Waals surface area contributed by atoms with Crippen LogP contribution in [0.15, 0.2) is 0 Å². The zero-order valence-corrected chi connectivity index (χ0v) is 15.1. The van der Waals surface area contributed by atoms with Gasteiger partial charge in [0.15, 0.2) is 0 Å². The predicted molar refractivity (Wildman–Crippen MR) is 90.9 cm³/mol. The molecule has 1 rings (SSSR count). The molecule has 1 N–H and O–H groups in total. The molecule has 0 spiro atoms. The highest BCUT2D eigenvalue weighted by atomic mass is 127. The molecule has 1 aromatic heterocycles. The second-order valence-corrected chi connectivity index (χ2v) is 7.16. The summed E-state index contributed by atoms with van der Waals surface area (Å²) in [5.74, 6) is 2.37. The van der Waals surface area contributed by atoms with Crippen LogP contribution in [0, 0.1) is 3.57 Å². The van der Waals surface area contributed by atoms with Gasteiger partial charge in [-0.1, -0.05) is 41.5 Å². The van der Waals surface area contributed by atoms with E-state index in [1.165, 1.54) is 0 Å². The smallest absolute Gasteiger partial charge is 0.143 e. The highest BCUT2D eigenvalue weighted by molar-refractivity contribution is 14.1. The summed E-state index contributed by atoms with van der Waals surface area (Å²) in [6, 6.07) is 0. The molecule has 1 heterocycles. The summed E-state index contributed by atoms with van der Waals surface area (Å²) in [5, 5.41) is 3.44. The van der Waals surface area contributed by atoms with Crippen LogP contribution in [0.3, 0.4) is 0 Å². The molecule has 4 heteroatoms. The van der Waals surface area contributed by atoms with Crippen molar-refractivity contribution in [3.63, 3.8) is 0 Å². The monoisotopic (exact) mass is 375 g/mol. The number of rotatable bonds is 5. The Bertz CT molecular complexity index is 424. The fraction of sp³-hybridized carbons (Fsp3) is 0.733. The van der Waals surface area contributed by atoms with Crippen LogP contribution >= 0.6 is 22.6 Å². The molecular formula is C15H26IN3. The summed E-state index contributed by atoms with van der Waals surface area (Å²) in [4.78, 5) is 9.55. The lowest BCUT2D eigenvalue weighted by Gasteiger charge is -2.23. The lowest BCUT2D eigenvalue weighted by Crippen LogP contribution is -2.20. The van der Waals surface area contributed by atoms with E-state index < -0.39 is 0 Å². The number of nitrogens with one attached hydrogen (secondary N) is 1. The zero-order chi connectivity index (χ0) is 14.6. The molecule has 0 aliphatic heterocycles. The lowest BCUT2D eigenvalue weighted by atomic mass is 9.91. The lowest BCUT2D eigenvalue weighted by molar-refractivity contribution is 0.549. The van der Waals surface area contributed by atoms with Crippen LogP contribution in [-0.4, -0.2) is 16.5 Å². The average Bonchev–Trinajstić information content (AvgIpc) is 2.35. The van der Waals surface area contributed by atoms with Crippen molar-refractivity contribution in [3.8, 4) is 0 Å². The van der Waals surface area contributed by atoms with Gasteiger partial charge >= 0.3 is 0 Å². The van der Waals surface area contributed by atoms with Gasteiger partial charge in [-0.15, -0.1) is 0 Å². The first-order valence-corrected chi connectivity index (χ1v) is 8.20. The summed E-state index contributed by atoms with van der Waals surface area (Å²) in [6.45, 7) is 14.1. The summed E-state index contributed by atoms with van der Waals surface area (Å²) in [7, 11) is 0. The second-order valence-electron chi connectivity index (χ2n) is 6.08. The number of nitrogens with zero attached hydrogens (tertiary/aromatic N) is 2. The minimum atomic E-state index is 0.0460. The third kappa shape index (κ3) is 4.29. The number of hydrogen-bond donors (Lipinski definition) is 1. The van der Waals surface area contributed by atoms with Crippen molar-refractivity contribution < 1.29 is 0 Å². The Hall–Kier alpha value is -0.390. The fourth-order valence-electron chi connectivity index (χ4n) is 1.72. The highest BCUT2D eigenvalue weighted by Gasteiger charge is 2.24. The standard InChI is InChI=1S/C15H26IN3/c1-7-9-17-14-11(16)12(15(4,5)6)18-13(19-14)10(3)8-2/h10H,7-9H2,1-6H3,(H,17,18,19). The molecule has 3 nitrogen and oxygen atoms in total. The molecule has 0 bridgehead atoms. The molecule has 0 aliphatic rings. The van der Waals surface area contributed by atoms with E-state index in [-0.39, 0.29) is 5.41 Å². The molecular weight excluding hydrogens is 349 g/mol. The Kier molecular flexibility index (Phi) is 6.02. The van der Waals surface area contributed by atoms with E-state index in [0.717, 1.165) is 40.3 Å². The maximum atomic E-state index is 4.82. The van der Waals surface area contributed by atoms with E-state index >= 15 is 0 Å². The quantitative estimate of drug-likeness (QED) is 0.758. The number of halogens is 1. The van der Waals surface area contributed by atoms with Crippen molar-refractivity contribution in [1.82, 2.24) is 9.97 Å². The molecule has 108 valence electrons. The molecule has 0 amide bonds. The van der Waals surface area contributed by atoms with Gasteiger partial charge in [-0.05, 0) is 35.4 Å². The Morgan fingerprint density at radius 3 is 2.32 bits per heavy atom. The van der Waals surface area contributed by atoms with E-state index in [1.54, 1.807) is 0 Å². The first kappa shape index (κ1) is 16.7. The predicted octanol–water partition coefficient (Wildman–Crippen LogP) is 4.71. The van der Waals surface area contributed by atoms with Gasteiger partial charge in [0.2, 0.25) is 0 Å². The van der Waals surface area contributed by atoms with E-state index in [2.05, 4.69) is 69.5 Å². The summed E-state index contributed by atoms with van der Waals surface area (Å²) < 4.78 is 1.16. The van der Waals surface area contributed by atoms with Crippen LogP contribution in [0.4, 0.5) is 5.82 Å². The first-order valence-electron chi connectivity index (χ1n) is 7.13. The number of aromatic nitrogens is 2. The molecule has 0 fully saturated rings. The van der Waals surface area contributed by atoms with Crippen LogP contribution in [0.5, 0.6) is 0 Å². The molecule has 0 saturated carbocycles. The third-order valence-corrected chi connectivity index (χ3v) is 4.20. The van der Waals surface area contributed by atoms with Gasteiger partial charge in [0.05, 0.1) is 9.26 Å².